The molecule has 2 N–H and O–H groups in total. The number of rotatable bonds is 6. The van der Waals surface area contributed by atoms with Crippen LogP contribution in [0.1, 0.15) is 46.3 Å². The van der Waals surface area contributed by atoms with Gasteiger partial charge >= 0.3 is 5.69 Å². The lowest BCUT2D eigenvalue weighted by atomic mass is 10.1. The molecule has 3 heterocycles. The van der Waals surface area contributed by atoms with E-state index < -0.39 is 11.6 Å². The van der Waals surface area contributed by atoms with E-state index in [0.717, 1.165) is 10.4 Å². The van der Waals surface area contributed by atoms with Crippen molar-refractivity contribution in [3.05, 3.63) is 69.1 Å². The van der Waals surface area contributed by atoms with Crippen LogP contribution in [0.15, 0.2) is 46.6 Å². The number of imidazole rings is 1. The van der Waals surface area contributed by atoms with E-state index in [9.17, 15) is 14.4 Å². The van der Waals surface area contributed by atoms with E-state index in [0.29, 0.717) is 11.4 Å². The number of fused-ring (bicyclic) bond motifs is 1. The van der Waals surface area contributed by atoms with Crippen molar-refractivity contribution in [2.24, 2.45) is 5.73 Å². The Kier molecular flexibility index (Phi) is 5.28. The van der Waals surface area contributed by atoms with Crippen LogP contribution in [0.25, 0.3) is 21.9 Å². The number of benzene rings is 1. The molecule has 3 aromatic heterocycles. The standard InChI is InChI=1S/C22H21N5O3S/c1-12(2)27-21-18(17(19(23)29)24-20(25-21)16-5-4-10-31-16)26(22(27)30)11-15(28)14-8-6-13(3)7-9-14/h4-10,12H,11H2,1-3H3,(H2,23,29). The Bertz CT molecular complexity index is 1350. The number of carbonyl (C=O) groups is 2. The number of nitrogens with two attached hydrogens (primary N) is 1. The van der Waals surface area contributed by atoms with Gasteiger partial charge in [0.1, 0.15) is 5.52 Å². The summed E-state index contributed by atoms with van der Waals surface area (Å²) in [6.07, 6.45) is 0. The fourth-order valence-corrected chi connectivity index (χ4v) is 4.11. The van der Waals surface area contributed by atoms with Gasteiger partial charge in [-0.25, -0.2) is 14.8 Å². The Hall–Kier alpha value is -3.59. The lowest BCUT2D eigenvalue weighted by Gasteiger charge is -2.08. The van der Waals surface area contributed by atoms with Gasteiger partial charge < -0.3 is 5.73 Å². The molecule has 0 radical (unpaired) electrons. The highest BCUT2D eigenvalue weighted by molar-refractivity contribution is 7.13. The summed E-state index contributed by atoms with van der Waals surface area (Å²) in [5, 5.41) is 1.87. The van der Waals surface area contributed by atoms with Crippen LogP contribution >= 0.6 is 11.3 Å². The first-order valence-electron chi connectivity index (χ1n) is 9.74. The fraction of sp³-hybridized carbons (Fsp3) is 0.227. The van der Waals surface area contributed by atoms with Crippen molar-refractivity contribution in [2.75, 3.05) is 0 Å². The molecular weight excluding hydrogens is 414 g/mol. The van der Waals surface area contributed by atoms with Gasteiger partial charge in [0.15, 0.2) is 22.9 Å². The number of aryl methyl sites for hydroxylation is 1. The quantitative estimate of drug-likeness (QED) is 0.467. The molecular formula is C22H21N5O3S. The summed E-state index contributed by atoms with van der Waals surface area (Å²) in [4.78, 5) is 48.2. The van der Waals surface area contributed by atoms with Crippen molar-refractivity contribution in [1.29, 1.82) is 0 Å². The van der Waals surface area contributed by atoms with Crippen LogP contribution in [0.2, 0.25) is 0 Å². The largest absolute Gasteiger partial charge is 0.364 e. The van der Waals surface area contributed by atoms with Crippen LogP contribution in [-0.2, 0) is 6.54 Å². The van der Waals surface area contributed by atoms with Gasteiger partial charge in [-0.1, -0.05) is 35.9 Å². The summed E-state index contributed by atoms with van der Waals surface area (Å²) in [6.45, 7) is 5.35. The van der Waals surface area contributed by atoms with Crippen molar-refractivity contribution in [1.82, 2.24) is 19.1 Å². The molecule has 31 heavy (non-hydrogen) atoms. The minimum absolute atomic E-state index is 0.0818. The second kappa shape index (κ2) is 7.92. The molecule has 0 saturated carbocycles. The van der Waals surface area contributed by atoms with Crippen molar-refractivity contribution >= 4 is 34.2 Å². The number of amides is 1. The Morgan fingerprint density at radius 2 is 1.84 bits per heavy atom. The van der Waals surface area contributed by atoms with Gasteiger partial charge in [-0.2, -0.15) is 0 Å². The van der Waals surface area contributed by atoms with Gasteiger partial charge in [0.05, 0.1) is 11.4 Å². The SMILES string of the molecule is Cc1ccc(C(=O)Cn2c(=O)n(C(C)C)c3nc(-c4cccs4)nc(C(N)=O)c32)cc1. The minimum Gasteiger partial charge on any atom is -0.364 e. The van der Waals surface area contributed by atoms with Crippen molar-refractivity contribution in [2.45, 2.75) is 33.4 Å². The Morgan fingerprint density at radius 1 is 1.13 bits per heavy atom. The zero-order chi connectivity index (χ0) is 22.3. The van der Waals surface area contributed by atoms with E-state index in [-0.39, 0.29) is 35.2 Å². The average molecular weight is 436 g/mol. The summed E-state index contributed by atoms with van der Waals surface area (Å²) < 4.78 is 2.71. The number of ketones is 1. The van der Waals surface area contributed by atoms with E-state index in [1.54, 1.807) is 12.1 Å². The molecule has 0 saturated heterocycles. The van der Waals surface area contributed by atoms with Gasteiger partial charge in [-0.05, 0) is 32.2 Å². The third kappa shape index (κ3) is 3.68. The van der Waals surface area contributed by atoms with Crippen LogP contribution in [0, 0.1) is 6.92 Å². The van der Waals surface area contributed by atoms with Gasteiger partial charge in [0.25, 0.3) is 5.91 Å². The Morgan fingerprint density at radius 3 is 2.42 bits per heavy atom. The fourth-order valence-electron chi connectivity index (χ4n) is 3.45. The number of primary amides is 1. The number of carbonyl (C=O) groups excluding carboxylic acids is 2. The highest BCUT2D eigenvalue weighted by Gasteiger charge is 2.26. The van der Waals surface area contributed by atoms with Gasteiger partial charge in [-0.3, -0.25) is 18.7 Å². The first-order chi connectivity index (χ1) is 14.8. The number of thiophene rings is 1. The van der Waals surface area contributed by atoms with Gasteiger partial charge in [0, 0.05) is 11.6 Å². The topological polar surface area (TPSA) is 113 Å². The molecule has 0 fully saturated rings. The molecule has 4 rings (SSSR count). The van der Waals surface area contributed by atoms with Gasteiger partial charge in [-0.15, -0.1) is 11.3 Å². The molecule has 8 nitrogen and oxygen atoms in total. The molecule has 1 amide bonds. The zero-order valence-electron chi connectivity index (χ0n) is 17.3. The number of hydrogen-bond donors (Lipinski definition) is 1. The van der Waals surface area contributed by atoms with E-state index in [1.165, 1.54) is 20.5 Å². The minimum atomic E-state index is -0.789. The van der Waals surface area contributed by atoms with E-state index in [1.807, 2.05) is 50.4 Å². The predicted molar refractivity (Wildman–Crippen MR) is 120 cm³/mol. The molecule has 9 heteroatoms. The number of aromatic nitrogens is 4. The van der Waals surface area contributed by atoms with Crippen LogP contribution in [-0.4, -0.2) is 30.8 Å². The summed E-state index contributed by atoms with van der Waals surface area (Å²) >= 11 is 1.41. The van der Waals surface area contributed by atoms with E-state index in [4.69, 9.17) is 5.73 Å². The lowest BCUT2D eigenvalue weighted by molar-refractivity contribution is 0.0966. The molecule has 158 valence electrons. The maximum atomic E-state index is 13.3. The highest BCUT2D eigenvalue weighted by atomic mass is 32.1. The van der Waals surface area contributed by atoms with Crippen molar-refractivity contribution in [3.8, 4) is 10.7 Å². The first kappa shape index (κ1) is 20.7. The smallest absolute Gasteiger partial charge is 0.331 e. The Balaban J connectivity index is 1.96. The summed E-state index contributed by atoms with van der Waals surface area (Å²) in [7, 11) is 0. The summed E-state index contributed by atoms with van der Waals surface area (Å²) in [6, 6.07) is 10.5. The molecule has 4 aromatic rings. The second-order valence-corrected chi connectivity index (χ2v) is 8.48. The number of Topliss-reactive ketones (excluding diaryl/α,β-unsaturated/α-hetero) is 1. The highest BCUT2D eigenvalue weighted by Crippen LogP contribution is 2.26. The van der Waals surface area contributed by atoms with Crippen LogP contribution in [0.3, 0.4) is 0 Å². The van der Waals surface area contributed by atoms with Gasteiger partial charge in [0.2, 0.25) is 0 Å². The molecule has 0 atom stereocenters. The second-order valence-electron chi connectivity index (χ2n) is 7.53. The van der Waals surface area contributed by atoms with Crippen LogP contribution in [0.4, 0.5) is 0 Å². The average Bonchev–Trinajstić information content (AvgIpc) is 3.35. The first-order valence-corrected chi connectivity index (χ1v) is 10.6. The molecule has 1 aromatic carbocycles. The monoisotopic (exact) mass is 435 g/mol. The predicted octanol–water partition coefficient (Wildman–Crippen LogP) is 3.19. The van der Waals surface area contributed by atoms with Crippen molar-refractivity contribution < 1.29 is 9.59 Å². The summed E-state index contributed by atoms with van der Waals surface area (Å²) in [5.74, 6) is -0.738. The molecule has 0 aliphatic carbocycles. The molecule has 0 unspecified atom stereocenters. The normalized spacial score (nSPS) is 11.4. The number of nitrogens with zero attached hydrogens (tertiary/aromatic N) is 4. The molecule has 0 aliphatic heterocycles. The maximum Gasteiger partial charge on any atom is 0.331 e. The van der Waals surface area contributed by atoms with E-state index >= 15 is 0 Å². The molecule has 0 spiro atoms. The van der Waals surface area contributed by atoms with Crippen LogP contribution in [0.5, 0.6) is 0 Å². The van der Waals surface area contributed by atoms with Crippen molar-refractivity contribution in [3.63, 3.8) is 0 Å². The van der Waals surface area contributed by atoms with E-state index in [2.05, 4.69) is 9.97 Å². The number of hydrogen-bond acceptors (Lipinski definition) is 6. The molecule has 0 bridgehead atoms. The lowest BCUT2D eigenvalue weighted by Crippen LogP contribution is -2.28. The zero-order valence-corrected chi connectivity index (χ0v) is 18.1. The third-order valence-corrected chi connectivity index (χ3v) is 5.83. The maximum absolute atomic E-state index is 13.3. The van der Waals surface area contributed by atoms with Crippen LogP contribution < -0.4 is 11.4 Å². The molecule has 0 aliphatic rings. The summed E-state index contributed by atoms with van der Waals surface area (Å²) in [5.41, 5.74) is 7.06. The Labute approximate surface area is 182 Å². The third-order valence-electron chi connectivity index (χ3n) is 4.97.